The normalized spacial score (nSPS) is 11.2. The van der Waals surface area contributed by atoms with Crippen LogP contribution in [0.3, 0.4) is 0 Å². The van der Waals surface area contributed by atoms with E-state index in [0.717, 1.165) is 17.7 Å². The van der Waals surface area contributed by atoms with E-state index in [1.165, 1.54) is 0 Å². The van der Waals surface area contributed by atoms with E-state index in [0.29, 0.717) is 13.1 Å². The van der Waals surface area contributed by atoms with Crippen molar-refractivity contribution in [2.24, 2.45) is 0 Å². The van der Waals surface area contributed by atoms with E-state index in [4.69, 9.17) is 4.74 Å². The van der Waals surface area contributed by atoms with E-state index in [2.05, 4.69) is 6.92 Å². The summed E-state index contributed by atoms with van der Waals surface area (Å²) in [6, 6.07) is 7.72. The van der Waals surface area contributed by atoms with Gasteiger partial charge in [-0.3, -0.25) is 4.79 Å². The highest BCUT2D eigenvalue weighted by molar-refractivity contribution is 5.77. The van der Waals surface area contributed by atoms with Crippen molar-refractivity contribution in [3.05, 3.63) is 29.8 Å². The summed E-state index contributed by atoms with van der Waals surface area (Å²) in [4.78, 5) is 13.7. The van der Waals surface area contributed by atoms with Gasteiger partial charge in [-0.15, -0.1) is 0 Å². The number of carbonyl (C=O) groups is 1. The number of nitrogens with zero attached hydrogens (tertiary/aromatic N) is 1. The average Bonchev–Trinajstić information content (AvgIpc) is 2.41. The molecular weight excluding hydrogens is 254 g/mol. The third kappa shape index (κ3) is 5.21. The van der Waals surface area contributed by atoms with Crippen molar-refractivity contribution in [2.45, 2.75) is 39.7 Å². The van der Waals surface area contributed by atoms with Crippen LogP contribution in [0.15, 0.2) is 24.3 Å². The maximum Gasteiger partial charge on any atom is 0.260 e. The Labute approximate surface area is 121 Å². The van der Waals surface area contributed by atoms with E-state index in [9.17, 15) is 9.90 Å². The van der Waals surface area contributed by atoms with E-state index in [1.54, 1.807) is 18.7 Å². The summed E-state index contributed by atoms with van der Waals surface area (Å²) >= 11 is 0. The van der Waals surface area contributed by atoms with Crippen LogP contribution in [-0.4, -0.2) is 41.2 Å². The molecule has 0 bridgehead atoms. The summed E-state index contributed by atoms with van der Waals surface area (Å²) in [6.07, 6.45) is 0.867. The largest absolute Gasteiger partial charge is 0.483 e. The first-order valence-electron chi connectivity index (χ1n) is 7.08. The highest BCUT2D eigenvalue weighted by Gasteiger charge is 2.21. The average molecular weight is 279 g/mol. The van der Waals surface area contributed by atoms with Crippen LogP contribution in [0.4, 0.5) is 0 Å². The number of ether oxygens (including phenoxy) is 1. The van der Waals surface area contributed by atoms with E-state index in [1.807, 2.05) is 31.2 Å². The zero-order valence-electron chi connectivity index (χ0n) is 12.8. The number of aryl methyl sites for hydroxylation is 1. The van der Waals surface area contributed by atoms with Crippen molar-refractivity contribution >= 4 is 5.91 Å². The van der Waals surface area contributed by atoms with Crippen LogP contribution in [0, 0.1) is 0 Å². The Morgan fingerprint density at radius 2 is 1.95 bits per heavy atom. The van der Waals surface area contributed by atoms with E-state index in [-0.39, 0.29) is 12.5 Å². The van der Waals surface area contributed by atoms with Crippen LogP contribution in [0.25, 0.3) is 0 Å². The molecule has 0 aliphatic carbocycles. The Kier molecular flexibility index (Phi) is 6.02. The van der Waals surface area contributed by atoms with E-state index >= 15 is 0 Å². The Bertz CT molecular complexity index is 438. The van der Waals surface area contributed by atoms with Gasteiger partial charge in [0.1, 0.15) is 5.75 Å². The third-order valence-electron chi connectivity index (χ3n) is 3.02. The standard InChI is InChI=1S/C16H25NO3/c1-5-13-9-7-8-10-14(13)20-11-15(18)17(6-2)12-16(3,4)19/h7-10,19H,5-6,11-12H2,1-4H3. The molecule has 0 aliphatic heterocycles. The second-order valence-corrected chi connectivity index (χ2v) is 5.47. The molecule has 1 aromatic carbocycles. The van der Waals surface area contributed by atoms with Gasteiger partial charge in [0.2, 0.25) is 0 Å². The summed E-state index contributed by atoms with van der Waals surface area (Å²) in [7, 11) is 0. The number of hydrogen-bond acceptors (Lipinski definition) is 3. The first kappa shape index (κ1) is 16.5. The van der Waals surface area contributed by atoms with Gasteiger partial charge in [-0.05, 0) is 38.8 Å². The quantitative estimate of drug-likeness (QED) is 0.833. The smallest absolute Gasteiger partial charge is 0.260 e. The number of rotatable bonds is 7. The monoisotopic (exact) mass is 279 g/mol. The van der Waals surface area contributed by atoms with Crippen molar-refractivity contribution in [3.8, 4) is 5.75 Å². The second-order valence-electron chi connectivity index (χ2n) is 5.47. The van der Waals surface area contributed by atoms with Crippen molar-refractivity contribution in [1.82, 2.24) is 4.90 Å². The summed E-state index contributed by atoms with van der Waals surface area (Å²) in [5.74, 6) is 0.642. The van der Waals surface area contributed by atoms with Gasteiger partial charge in [0.05, 0.1) is 5.60 Å². The van der Waals surface area contributed by atoms with Gasteiger partial charge < -0.3 is 14.7 Å². The molecule has 0 spiro atoms. The van der Waals surface area contributed by atoms with Crippen LogP contribution < -0.4 is 4.74 Å². The lowest BCUT2D eigenvalue weighted by Gasteiger charge is -2.28. The molecule has 0 saturated carbocycles. The van der Waals surface area contributed by atoms with Gasteiger partial charge in [-0.1, -0.05) is 25.1 Å². The fourth-order valence-corrected chi connectivity index (χ4v) is 2.01. The van der Waals surface area contributed by atoms with Crippen molar-refractivity contribution in [2.75, 3.05) is 19.7 Å². The molecule has 0 unspecified atom stereocenters. The van der Waals surface area contributed by atoms with E-state index < -0.39 is 5.60 Å². The first-order valence-corrected chi connectivity index (χ1v) is 7.08. The van der Waals surface area contributed by atoms with Crippen molar-refractivity contribution in [1.29, 1.82) is 0 Å². The fourth-order valence-electron chi connectivity index (χ4n) is 2.01. The number of likely N-dealkylation sites (N-methyl/N-ethyl adjacent to an activating group) is 1. The number of para-hydroxylation sites is 1. The van der Waals surface area contributed by atoms with Gasteiger partial charge in [0.15, 0.2) is 6.61 Å². The molecule has 0 heterocycles. The SMILES string of the molecule is CCc1ccccc1OCC(=O)N(CC)CC(C)(C)O. The minimum absolute atomic E-state index is 0.000926. The Balaban J connectivity index is 2.61. The van der Waals surface area contributed by atoms with Crippen LogP contribution >= 0.6 is 0 Å². The maximum absolute atomic E-state index is 12.1. The number of amides is 1. The van der Waals surface area contributed by atoms with Gasteiger partial charge in [-0.2, -0.15) is 0 Å². The van der Waals surface area contributed by atoms with Gasteiger partial charge in [0.25, 0.3) is 5.91 Å². The van der Waals surface area contributed by atoms with Gasteiger partial charge in [0, 0.05) is 13.1 Å². The summed E-state index contributed by atoms with van der Waals surface area (Å²) in [5.41, 5.74) is 0.193. The van der Waals surface area contributed by atoms with Gasteiger partial charge >= 0.3 is 0 Å². The second kappa shape index (κ2) is 7.29. The van der Waals surface area contributed by atoms with Crippen molar-refractivity contribution < 1.29 is 14.6 Å². The Hall–Kier alpha value is -1.55. The molecule has 1 amide bonds. The van der Waals surface area contributed by atoms with Crippen molar-refractivity contribution in [3.63, 3.8) is 0 Å². The number of carbonyl (C=O) groups excluding carboxylic acids is 1. The molecule has 4 nitrogen and oxygen atoms in total. The molecule has 1 rings (SSSR count). The molecular formula is C16H25NO3. The Morgan fingerprint density at radius 1 is 1.30 bits per heavy atom. The molecule has 0 fully saturated rings. The zero-order chi connectivity index (χ0) is 15.2. The summed E-state index contributed by atoms with van der Waals surface area (Å²) in [6.45, 7) is 8.19. The number of benzene rings is 1. The molecule has 112 valence electrons. The lowest BCUT2D eigenvalue weighted by Crippen LogP contribution is -2.44. The first-order chi connectivity index (χ1) is 9.37. The third-order valence-corrected chi connectivity index (χ3v) is 3.02. The van der Waals surface area contributed by atoms with Crippen LogP contribution in [0.1, 0.15) is 33.3 Å². The van der Waals surface area contributed by atoms with Crippen LogP contribution in [0.5, 0.6) is 5.75 Å². The molecule has 0 radical (unpaired) electrons. The number of hydrogen-bond donors (Lipinski definition) is 1. The summed E-state index contributed by atoms with van der Waals surface area (Å²) in [5, 5.41) is 9.80. The molecule has 0 aromatic heterocycles. The molecule has 0 aliphatic rings. The number of aliphatic hydroxyl groups is 1. The Morgan fingerprint density at radius 3 is 2.50 bits per heavy atom. The molecule has 0 atom stereocenters. The molecule has 1 N–H and O–H groups in total. The minimum Gasteiger partial charge on any atom is -0.483 e. The van der Waals surface area contributed by atoms with Gasteiger partial charge in [-0.25, -0.2) is 0 Å². The highest BCUT2D eigenvalue weighted by atomic mass is 16.5. The zero-order valence-corrected chi connectivity index (χ0v) is 12.8. The lowest BCUT2D eigenvalue weighted by molar-refractivity contribution is -0.136. The maximum atomic E-state index is 12.1. The molecule has 20 heavy (non-hydrogen) atoms. The predicted molar refractivity (Wildman–Crippen MR) is 79.9 cm³/mol. The highest BCUT2D eigenvalue weighted by Crippen LogP contribution is 2.18. The molecule has 1 aromatic rings. The fraction of sp³-hybridized carbons (Fsp3) is 0.562. The lowest BCUT2D eigenvalue weighted by atomic mass is 10.1. The molecule has 4 heteroatoms. The topological polar surface area (TPSA) is 49.8 Å². The summed E-state index contributed by atoms with van der Waals surface area (Å²) < 4.78 is 5.61. The minimum atomic E-state index is -0.896. The van der Waals surface area contributed by atoms with Crippen LogP contribution in [0.2, 0.25) is 0 Å². The predicted octanol–water partition coefficient (Wildman–Crippen LogP) is 2.25. The van der Waals surface area contributed by atoms with Crippen LogP contribution in [-0.2, 0) is 11.2 Å². The molecule has 0 saturated heterocycles.